The summed E-state index contributed by atoms with van der Waals surface area (Å²) >= 11 is 0. The Morgan fingerprint density at radius 1 is 1.00 bits per heavy atom. The monoisotopic (exact) mass is 437 g/mol. The van der Waals surface area contributed by atoms with Gasteiger partial charge in [-0.25, -0.2) is 9.50 Å². The van der Waals surface area contributed by atoms with Gasteiger partial charge in [-0.2, -0.15) is 5.10 Å². The molecule has 3 aliphatic rings. The van der Waals surface area contributed by atoms with E-state index in [1.807, 2.05) is 12.4 Å². The van der Waals surface area contributed by atoms with Crippen LogP contribution in [0.3, 0.4) is 0 Å². The van der Waals surface area contributed by atoms with Crippen LogP contribution in [0.5, 0.6) is 5.75 Å². The fourth-order valence-electron chi connectivity index (χ4n) is 6.13. The fraction of sp³-hybridized carbons (Fsp3) is 0.370. The minimum atomic E-state index is 0.366. The maximum Gasteiger partial charge on any atom is 0.155 e. The molecule has 0 bridgehead atoms. The van der Waals surface area contributed by atoms with Gasteiger partial charge in [-0.3, -0.25) is 4.98 Å². The first-order chi connectivity index (χ1) is 16.2. The van der Waals surface area contributed by atoms with Crippen LogP contribution in [0.15, 0.2) is 48.8 Å². The molecule has 0 atom stereocenters. The molecule has 3 aromatic heterocycles. The number of aryl methyl sites for hydroxylation is 1. The van der Waals surface area contributed by atoms with Crippen LogP contribution in [0.25, 0.3) is 16.8 Å². The highest BCUT2D eigenvalue weighted by atomic mass is 16.5. The number of piperidine rings is 1. The van der Waals surface area contributed by atoms with Crippen molar-refractivity contribution >= 4 is 11.3 Å². The van der Waals surface area contributed by atoms with Crippen LogP contribution >= 0.6 is 0 Å². The Hall–Kier alpha value is -3.41. The summed E-state index contributed by atoms with van der Waals surface area (Å²) in [6, 6.07) is 12.9. The predicted molar refractivity (Wildman–Crippen MR) is 128 cm³/mol. The van der Waals surface area contributed by atoms with Crippen LogP contribution < -0.4 is 9.64 Å². The molecule has 1 aromatic carbocycles. The van der Waals surface area contributed by atoms with E-state index in [-0.39, 0.29) is 0 Å². The number of anilines is 1. The highest BCUT2D eigenvalue weighted by molar-refractivity contribution is 5.76. The van der Waals surface area contributed by atoms with E-state index < -0.39 is 0 Å². The van der Waals surface area contributed by atoms with E-state index in [1.54, 1.807) is 0 Å². The van der Waals surface area contributed by atoms with Gasteiger partial charge in [0.2, 0.25) is 0 Å². The summed E-state index contributed by atoms with van der Waals surface area (Å²) in [5, 5.41) is 4.71. The third-order valence-electron chi connectivity index (χ3n) is 7.88. The highest BCUT2D eigenvalue weighted by Gasteiger charge is 2.41. The van der Waals surface area contributed by atoms with Gasteiger partial charge in [-0.1, -0.05) is 6.07 Å². The number of rotatable bonds is 2. The van der Waals surface area contributed by atoms with Gasteiger partial charge in [0, 0.05) is 37.0 Å². The second-order valence-electron chi connectivity index (χ2n) is 9.87. The van der Waals surface area contributed by atoms with Crippen molar-refractivity contribution in [2.75, 3.05) is 24.6 Å². The first-order valence-electron chi connectivity index (χ1n) is 12.0. The zero-order valence-corrected chi connectivity index (χ0v) is 18.9. The van der Waals surface area contributed by atoms with Gasteiger partial charge in [-0.15, -0.1) is 0 Å². The van der Waals surface area contributed by atoms with E-state index >= 15 is 0 Å². The molecule has 1 saturated heterocycles. The van der Waals surface area contributed by atoms with E-state index in [2.05, 4.69) is 57.7 Å². The van der Waals surface area contributed by atoms with E-state index in [4.69, 9.17) is 14.8 Å². The molecule has 0 radical (unpaired) electrons. The van der Waals surface area contributed by atoms with Crippen LogP contribution in [-0.2, 0) is 19.3 Å². The zero-order chi connectivity index (χ0) is 22.0. The Balaban J connectivity index is 1.21. The smallest absolute Gasteiger partial charge is 0.155 e. The van der Waals surface area contributed by atoms with Gasteiger partial charge in [0.25, 0.3) is 0 Å². The average Bonchev–Trinajstić information content (AvgIpc) is 3.56. The normalized spacial score (nSPS) is 18.5. The number of aromatic nitrogens is 4. The summed E-state index contributed by atoms with van der Waals surface area (Å²) in [6.45, 7) is 4.92. The molecule has 5 heterocycles. The molecule has 1 spiro atoms. The van der Waals surface area contributed by atoms with Crippen molar-refractivity contribution in [1.29, 1.82) is 0 Å². The number of ether oxygens (including phenoxy) is 1. The number of nitrogens with zero attached hydrogens (tertiary/aromatic N) is 5. The van der Waals surface area contributed by atoms with Gasteiger partial charge >= 0.3 is 0 Å². The van der Waals surface area contributed by atoms with E-state index in [1.165, 1.54) is 36.1 Å². The topological polar surface area (TPSA) is 55.6 Å². The van der Waals surface area contributed by atoms with Crippen LogP contribution in [0.4, 0.5) is 5.82 Å². The van der Waals surface area contributed by atoms with Crippen LogP contribution in [-0.4, -0.2) is 39.3 Å². The largest absolute Gasteiger partial charge is 0.493 e. The maximum absolute atomic E-state index is 5.70. The minimum absolute atomic E-state index is 0.366. The molecule has 6 heteroatoms. The van der Waals surface area contributed by atoms with Crippen molar-refractivity contribution in [2.24, 2.45) is 5.41 Å². The number of benzene rings is 1. The van der Waals surface area contributed by atoms with E-state index in [0.717, 1.165) is 66.6 Å². The zero-order valence-electron chi connectivity index (χ0n) is 18.9. The molecule has 4 aromatic rings. The molecule has 33 heavy (non-hydrogen) atoms. The van der Waals surface area contributed by atoms with Gasteiger partial charge in [0.1, 0.15) is 11.3 Å². The van der Waals surface area contributed by atoms with Crippen molar-refractivity contribution in [3.63, 3.8) is 0 Å². The van der Waals surface area contributed by atoms with Crippen molar-refractivity contribution in [3.8, 4) is 17.0 Å². The third-order valence-corrected chi connectivity index (χ3v) is 7.88. The van der Waals surface area contributed by atoms with Crippen LogP contribution in [0.2, 0.25) is 0 Å². The second-order valence-corrected chi connectivity index (χ2v) is 9.87. The Morgan fingerprint density at radius 2 is 1.91 bits per heavy atom. The van der Waals surface area contributed by atoms with Gasteiger partial charge < -0.3 is 9.64 Å². The van der Waals surface area contributed by atoms with Crippen molar-refractivity contribution in [1.82, 2.24) is 19.6 Å². The maximum atomic E-state index is 5.70. The van der Waals surface area contributed by atoms with E-state index in [0.29, 0.717) is 5.41 Å². The van der Waals surface area contributed by atoms with E-state index in [9.17, 15) is 0 Å². The molecule has 0 amide bonds. The second kappa shape index (κ2) is 7.04. The summed E-state index contributed by atoms with van der Waals surface area (Å²) in [5.41, 5.74) is 8.70. The lowest BCUT2D eigenvalue weighted by atomic mass is 9.76. The standard InChI is InChI=1S/C27H27N5O/c1-18-25(20-4-5-24-19(15-20)7-14-33-24)32-23(6-11-29-32)26(30-18)31-12-8-27(9-13-31)16-21-3-2-10-28-22(21)17-27/h2-6,10-11,15H,7-9,12-14,16-17H2,1H3. The van der Waals surface area contributed by atoms with Crippen LogP contribution in [0, 0.1) is 12.3 Å². The number of fused-ring (bicyclic) bond motifs is 3. The lowest BCUT2D eigenvalue weighted by Crippen LogP contribution is -2.41. The molecule has 1 fully saturated rings. The highest BCUT2D eigenvalue weighted by Crippen LogP contribution is 2.45. The average molecular weight is 438 g/mol. The van der Waals surface area contributed by atoms with Gasteiger partial charge in [0.15, 0.2) is 5.82 Å². The molecular formula is C27H27N5O. The minimum Gasteiger partial charge on any atom is -0.493 e. The molecular weight excluding hydrogens is 410 g/mol. The number of hydrogen-bond acceptors (Lipinski definition) is 5. The number of hydrogen-bond donors (Lipinski definition) is 0. The van der Waals surface area contributed by atoms with Crippen LogP contribution in [0.1, 0.15) is 35.4 Å². The lowest BCUT2D eigenvalue weighted by molar-refractivity contribution is 0.231. The Kier molecular flexibility index (Phi) is 4.07. The fourth-order valence-corrected chi connectivity index (χ4v) is 6.13. The van der Waals surface area contributed by atoms with Gasteiger partial charge in [0.05, 0.1) is 24.2 Å². The molecule has 0 saturated carbocycles. The first kappa shape index (κ1) is 19.1. The Labute approximate surface area is 193 Å². The Bertz CT molecular complexity index is 1360. The molecule has 166 valence electrons. The molecule has 0 unspecified atom stereocenters. The summed E-state index contributed by atoms with van der Waals surface area (Å²) in [4.78, 5) is 12.3. The van der Waals surface area contributed by atoms with Crippen molar-refractivity contribution < 1.29 is 4.74 Å². The predicted octanol–water partition coefficient (Wildman–Crippen LogP) is 4.42. The molecule has 6 nitrogen and oxygen atoms in total. The molecule has 7 rings (SSSR count). The van der Waals surface area contributed by atoms with Crippen molar-refractivity contribution in [2.45, 2.75) is 39.0 Å². The SMILES string of the molecule is Cc1nc(N2CCC3(CC2)Cc2cccnc2C3)c2ccnn2c1-c1ccc2c(c1)CCO2. The van der Waals surface area contributed by atoms with Gasteiger partial charge in [-0.05, 0) is 79.5 Å². The Morgan fingerprint density at radius 3 is 2.79 bits per heavy atom. The van der Waals surface area contributed by atoms with Crippen molar-refractivity contribution in [3.05, 3.63) is 71.3 Å². The summed E-state index contributed by atoms with van der Waals surface area (Å²) in [7, 11) is 0. The summed E-state index contributed by atoms with van der Waals surface area (Å²) in [6.07, 6.45) is 9.43. The first-order valence-corrected chi connectivity index (χ1v) is 12.0. The number of pyridine rings is 1. The summed E-state index contributed by atoms with van der Waals surface area (Å²) < 4.78 is 7.78. The lowest BCUT2D eigenvalue weighted by Gasteiger charge is -2.40. The third kappa shape index (κ3) is 2.96. The molecule has 2 aliphatic heterocycles. The molecule has 1 aliphatic carbocycles. The molecule has 0 N–H and O–H groups in total. The summed E-state index contributed by atoms with van der Waals surface area (Å²) in [5.74, 6) is 2.06. The quantitative estimate of drug-likeness (QED) is 0.465.